The Bertz CT molecular complexity index is 1310. The molecule has 1 saturated heterocycles. The number of esters is 2. The van der Waals surface area contributed by atoms with E-state index in [-0.39, 0.29) is 19.4 Å². The quantitative estimate of drug-likeness (QED) is 0.318. The van der Waals surface area contributed by atoms with Gasteiger partial charge >= 0.3 is 11.9 Å². The summed E-state index contributed by atoms with van der Waals surface area (Å²) < 4.78 is 24.9. The molecule has 3 aliphatic rings. The Morgan fingerprint density at radius 3 is 2.31 bits per heavy atom. The maximum atomic E-state index is 13.3. The van der Waals surface area contributed by atoms with Gasteiger partial charge in [0, 0.05) is 18.9 Å². The lowest BCUT2D eigenvalue weighted by Gasteiger charge is -2.65. The minimum atomic E-state index is -1.82. The summed E-state index contributed by atoms with van der Waals surface area (Å²) in [6, 6.07) is 18.6. The molecule has 2 aliphatic carbocycles. The van der Waals surface area contributed by atoms with Gasteiger partial charge in [-0.15, -0.1) is 0 Å². The van der Waals surface area contributed by atoms with E-state index < -0.39 is 71.1 Å². The van der Waals surface area contributed by atoms with Crippen LogP contribution in [-0.2, 0) is 35.1 Å². The number of aliphatic hydroxyl groups excluding tert-OH is 2. The number of carbonyl (C=O) groups excluding carboxylic acids is 2. The van der Waals surface area contributed by atoms with Crippen molar-refractivity contribution >= 4 is 18.0 Å². The van der Waals surface area contributed by atoms with Crippen LogP contribution in [0.15, 0.2) is 66.7 Å². The summed E-state index contributed by atoms with van der Waals surface area (Å²) in [5.41, 5.74) is -4.68. The SMILES string of the molecule is CC(=O)OC[C@@]12[C@@H](OC(=O)C=Cc3ccccc3)CC[C@](C)(O)[C@]13OC(C)(C)[C@H]([C@H](O)[C@H]2OCc1ccccc1)[C@H]3O. The maximum Gasteiger partial charge on any atom is 0.331 e. The van der Waals surface area contributed by atoms with Gasteiger partial charge in [0.1, 0.15) is 23.7 Å². The average molecular weight is 581 g/mol. The Kier molecular flexibility index (Phi) is 8.10. The van der Waals surface area contributed by atoms with Gasteiger partial charge in [0.15, 0.2) is 0 Å². The number of hydrogen-bond acceptors (Lipinski definition) is 9. The summed E-state index contributed by atoms with van der Waals surface area (Å²) in [5.74, 6) is -2.15. The molecule has 2 aromatic carbocycles. The van der Waals surface area contributed by atoms with Gasteiger partial charge in [-0.3, -0.25) is 4.79 Å². The number of aliphatic hydroxyl groups is 3. The number of carbonyl (C=O) groups is 2. The van der Waals surface area contributed by atoms with Crippen molar-refractivity contribution in [3.63, 3.8) is 0 Å². The van der Waals surface area contributed by atoms with Crippen molar-refractivity contribution < 1.29 is 43.9 Å². The summed E-state index contributed by atoms with van der Waals surface area (Å²) in [4.78, 5) is 25.6. The number of hydrogen-bond donors (Lipinski definition) is 3. The van der Waals surface area contributed by atoms with Crippen LogP contribution in [0.1, 0.15) is 51.7 Å². The zero-order valence-electron chi connectivity index (χ0n) is 24.4. The van der Waals surface area contributed by atoms with Crippen LogP contribution in [0.4, 0.5) is 0 Å². The highest BCUT2D eigenvalue weighted by Crippen LogP contribution is 2.68. The molecule has 2 bridgehead atoms. The molecular formula is C33H40O9. The molecule has 1 spiro atoms. The van der Waals surface area contributed by atoms with Gasteiger partial charge in [-0.05, 0) is 50.8 Å². The second kappa shape index (κ2) is 11.2. The molecule has 226 valence electrons. The molecule has 3 N–H and O–H groups in total. The second-order valence-corrected chi connectivity index (χ2v) is 12.4. The molecule has 8 atom stereocenters. The van der Waals surface area contributed by atoms with Crippen molar-refractivity contribution in [3.8, 4) is 0 Å². The number of ether oxygens (including phenoxy) is 4. The molecule has 2 saturated carbocycles. The summed E-state index contributed by atoms with van der Waals surface area (Å²) in [6.07, 6.45) is -1.77. The van der Waals surface area contributed by atoms with Crippen LogP contribution in [0.5, 0.6) is 0 Å². The number of benzene rings is 2. The van der Waals surface area contributed by atoms with E-state index in [0.717, 1.165) is 11.1 Å². The topological polar surface area (TPSA) is 132 Å². The van der Waals surface area contributed by atoms with E-state index in [2.05, 4.69) is 0 Å². The van der Waals surface area contributed by atoms with E-state index in [1.54, 1.807) is 26.8 Å². The molecule has 0 unspecified atom stereocenters. The van der Waals surface area contributed by atoms with Crippen molar-refractivity contribution in [2.45, 2.75) is 88.4 Å². The van der Waals surface area contributed by atoms with Crippen LogP contribution in [0.2, 0.25) is 0 Å². The molecule has 0 radical (unpaired) electrons. The van der Waals surface area contributed by atoms with Gasteiger partial charge in [0.2, 0.25) is 0 Å². The third-order valence-corrected chi connectivity index (χ3v) is 9.39. The van der Waals surface area contributed by atoms with Gasteiger partial charge < -0.3 is 34.3 Å². The minimum absolute atomic E-state index is 0.0699. The maximum absolute atomic E-state index is 13.3. The first kappa shape index (κ1) is 30.4. The number of rotatable bonds is 8. The first-order valence-electron chi connectivity index (χ1n) is 14.4. The summed E-state index contributed by atoms with van der Waals surface area (Å²) in [5, 5.41) is 36.0. The van der Waals surface area contributed by atoms with E-state index >= 15 is 0 Å². The fraction of sp³-hybridized carbons (Fsp3) is 0.515. The lowest BCUT2D eigenvalue weighted by molar-refractivity contribution is -0.354. The average Bonchev–Trinajstić information content (AvgIpc) is 3.13. The van der Waals surface area contributed by atoms with Crippen molar-refractivity contribution in [2.24, 2.45) is 11.3 Å². The van der Waals surface area contributed by atoms with Crippen LogP contribution in [0, 0.1) is 11.3 Å². The largest absolute Gasteiger partial charge is 0.465 e. The fourth-order valence-electron chi connectivity index (χ4n) is 7.64. The smallest absolute Gasteiger partial charge is 0.331 e. The van der Waals surface area contributed by atoms with E-state index in [0.29, 0.717) is 0 Å². The Labute approximate surface area is 246 Å². The van der Waals surface area contributed by atoms with E-state index in [1.807, 2.05) is 60.7 Å². The molecule has 1 heterocycles. The lowest BCUT2D eigenvalue weighted by atomic mass is 9.46. The highest BCUT2D eigenvalue weighted by atomic mass is 16.6. The summed E-state index contributed by atoms with van der Waals surface area (Å²) in [6.45, 7) is 5.92. The molecule has 9 heteroatoms. The summed E-state index contributed by atoms with van der Waals surface area (Å²) >= 11 is 0. The molecule has 0 aromatic heterocycles. The third-order valence-electron chi connectivity index (χ3n) is 9.39. The van der Waals surface area contributed by atoms with Crippen LogP contribution < -0.4 is 0 Å². The van der Waals surface area contributed by atoms with Crippen molar-refractivity contribution in [3.05, 3.63) is 77.9 Å². The molecule has 1 aliphatic heterocycles. The fourth-order valence-corrected chi connectivity index (χ4v) is 7.64. The van der Waals surface area contributed by atoms with Crippen molar-refractivity contribution in [2.75, 3.05) is 6.61 Å². The Morgan fingerprint density at radius 1 is 1.02 bits per heavy atom. The highest BCUT2D eigenvalue weighted by molar-refractivity contribution is 5.87. The minimum Gasteiger partial charge on any atom is -0.465 e. The van der Waals surface area contributed by atoms with Gasteiger partial charge in [-0.25, -0.2) is 4.79 Å². The highest BCUT2D eigenvalue weighted by Gasteiger charge is 2.85. The van der Waals surface area contributed by atoms with Crippen LogP contribution in [0.3, 0.4) is 0 Å². The monoisotopic (exact) mass is 580 g/mol. The first-order chi connectivity index (χ1) is 19.9. The van der Waals surface area contributed by atoms with Gasteiger partial charge in [-0.2, -0.15) is 0 Å². The van der Waals surface area contributed by atoms with E-state index in [9.17, 15) is 24.9 Å². The Balaban J connectivity index is 1.63. The predicted octanol–water partition coefficient (Wildman–Crippen LogP) is 3.19. The molecule has 9 nitrogen and oxygen atoms in total. The molecule has 0 amide bonds. The van der Waals surface area contributed by atoms with Crippen LogP contribution >= 0.6 is 0 Å². The first-order valence-corrected chi connectivity index (χ1v) is 14.4. The molecule has 2 aromatic rings. The zero-order chi connectivity index (χ0) is 30.3. The van der Waals surface area contributed by atoms with Gasteiger partial charge in [-0.1, -0.05) is 60.7 Å². The van der Waals surface area contributed by atoms with Crippen LogP contribution in [-0.4, -0.2) is 75.1 Å². The Morgan fingerprint density at radius 2 is 1.67 bits per heavy atom. The Hall–Kier alpha value is -3.08. The zero-order valence-corrected chi connectivity index (χ0v) is 24.4. The van der Waals surface area contributed by atoms with E-state index in [4.69, 9.17) is 18.9 Å². The van der Waals surface area contributed by atoms with Crippen molar-refractivity contribution in [1.29, 1.82) is 0 Å². The molecule has 5 rings (SSSR count). The van der Waals surface area contributed by atoms with Crippen molar-refractivity contribution in [1.82, 2.24) is 0 Å². The number of fused-ring (bicyclic) bond motifs is 1. The molecule has 3 fully saturated rings. The summed E-state index contributed by atoms with van der Waals surface area (Å²) in [7, 11) is 0. The normalized spacial score (nSPS) is 36.8. The predicted molar refractivity (Wildman–Crippen MR) is 153 cm³/mol. The molecule has 42 heavy (non-hydrogen) atoms. The second-order valence-electron chi connectivity index (χ2n) is 12.4. The third kappa shape index (κ3) is 4.87. The standard InChI is InChI=1S/C33H40O9/c1-21(34)40-20-32-24(41-25(35)16-15-22-11-7-5-8-12-22)17-18-31(4,38)33(32)28(37)26(30(2,3)42-33)27(36)29(32)39-19-23-13-9-6-10-14-23/h5-16,24,26-29,36-38H,17-20H2,1-4H3/t24-,26+,27-,28+,29+,31-,32-,33-/m0/s1. The van der Waals surface area contributed by atoms with Gasteiger partial charge in [0.25, 0.3) is 0 Å². The van der Waals surface area contributed by atoms with E-state index in [1.165, 1.54) is 13.0 Å². The lowest BCUT2D eigenvalue weighted by Crippen LogP contribution is -2.82. The van der Waals surface area contributed by atoms with Gasteiger partial charge in [0.05, 0.1) is 36.1 Å². The van der Waals surface area contributed by atoms with Crippen LogP contribution in [0.25, 0.3) is 6.08 Å². The molecular weight excluding hydrogens is 540 g/mol.